The predicted octanol–water partition coefficient (Wildman–Crippen LogP) is 3.52. The minimum absolute atomic E-state index is 0.0762. The van der Waals surface area contributed by atoms with Gasteiger partial charge in [0.1, 0.15) is 0 Å². The van der Waals surface area contributed by atoms with Gasteiger partial charge in [0.25, 0.3) is 0 Å². The Labute approximate surface area is 124 Å². The smallest absolute Gasteiger partial charge is 0.0809 e. The Morgan fingerprint density at radius 2 is 2.00 bits per heavy atom. The van der Waals surface area contributed by atoms with Crippen LogP contribution >= 0.6 is 0 Å². The van der Waals surface area contributed by atoms with Crippen LogP contribution in [-0.4, -0.2) is 38.0 Å². The topological polar surface area (TPSA) is 30.5 Å². The van der Waals surface area contributed by atoms with Crippen molar-refractivity contribution in [3.63, 3.8) is 0 Å². The van der Waals surface area contributed by atoms with E-state index in [1.54, 1.807) is 0 Å². The van der Waals surface area contributed by atoms with Crippen molar-refractivity contribution in [3.8, 4) is 0 Å². The molecule has 0 aromatic carbocycles. The van der Waals surface area contributed by atoms with Gasteiger partial charge in [-0.15, -0.1) is 0 Å². The second kappa shape index (κ2) is 8.35. The Balaban J connectivity index is 1.82. The van der Waals surface area contributed by atoms with Gasteiger partial charge < -0.3 is 14.8 Å². The number of hydrogen-bond donors (Lipinski definition) is 1. The molecule has 118 valence electrons. The van der Waals surface area contributed by atoms with E-state index in [2.05, 4.69) is 19.2 Å². The van der Waals surface area contributed by atoms with E-state index >= 15 is 0 Å². The van der Waals surface area contributed by atoms with Crippen LogP contribution in [0, 0.1) is 5.92 Å². The second-order valence-corrected chi connectivity index (χ2v) is 6.66. The van der Waals surface area contributed by atoms with Crippen molar-refractivity contribution in [1.29, 1.82) is 0 Å². The maximum atomic E-state index is 6.41. The van der Waals surface area contributed by atoms with Gasteiger partial charge in [-0.25, -0.2) is 0 Å². The summed E-state index contributed by atoms with van der Waals surface area (Å²) in [6.07, 6.45) is 10.3. The van der Waals surface area contributed by atoms with Crippen LogP contribution in [0.3, 0.4) is 0 Å². The molecular formula is C17H33NO2. The lowest BCUT2D eigenvalue weighted by molar-refractivity contribution is -0.106. The molecule has 1 atom stereocenters. The van der Waals surface area contributed by atoms with Crippen molar-refractivity contribution in [3.05, 3.63) is 0 Å². The highest BCUT2D eigenvalue weighted by Gasteiger charge is 2.36. The van der Waals surface area contributed by atoms with Gasteiger partial charge in [-0.05, 0) is 57.4 Å². The predicted molar refractivity (Wildman–Crippen MR) is 83.1 cm³/mol. The Kier molecular flexibility index (Phi) is 6.79. The summed E-state index contributed by atoms with van der Waals surface area (Å²) in [6.45, 7) is 8.38. The Morgan fingerprint density at radius 1 is 1.20 bits per heavy atom. The molecule has 1 aliphatic heterocycles. The molecule has 1 saturated heterocycles. The summed E-state index contributed by atoms with van der Waals surface area (Å²) in [6, 6.07) is 0. The van der Waals surface area contributed by atoms with Crippen molar-refractivity contribution < 1.29 is 9.47 Å². The van der Waals surface area contributed by atoms with Gasteiger partial charge in [0.2, 0.25) is 0 Å². The van der Waals surface area contributed by atoms with E-state index in [9.17, 15) is 0 Å². The first-order chi connectivity index (χ1) is 9.78. The molecule has 0 radical (unpaired) electrons. The molecule has 1 heterocycles. The molecule has 2 fully saturated rings. The Morgan fingerprint density at radius 3 is 2.60 bits per heavy atom. The van der Waals surface area contributed by atoms with Crippen molar-refractivity contribution in [2.75, 3.05) is 26.3 Å². The van der Waals surface area contributed by atoms with Gasteiger partial charge in [-0.2, -0.15) is 0 Å². The fourth-order valence-corrected chi connectivity index (χ4v) is 3.52. The number of hydrogen-bond acceptors (Lipinski definition) is 3. The summed E-state index contributed by atoms with van der Waals surface area (Å²) >= 11 is 0. The van der Waals surface area contributed by atoms with E-state index in [1.165, 1.54) is 51.4 Å². The highest BCUT2D eigenvalue weighted by Crippen LogP contribution is 2.36. The molecule has 2 aliphatic rings. The summed E-state index contributed by atoms with van der Waals surface area (Å²) in [7, 11) is 0. The lowest BCUT2D eigenvalue weighted by atomic mass is 9.77. The zero-order chi connectivity index (χ0) is 14.3. The van der Waals surface area contributed by atoms with Crippen molar-refractivity contribution in [2.45, 2.75) is 76.9 Å². The average molecular weight is 283 g/mol. The van der Waals surface area contributed by atoms with E-state index in [4.69, 9.17) is 9.47 Å². The van der Waals surface area contributed by atoms with E-state index in [-0.39, 0.29) is 5.60 Å². The molecule has 1 unspecified atom stereocenters. The van der Waals surface area contributed by atoms with Gasteiger partial charge in [0, 0.05) is 13.2 Å². The normalized spacial score (nSPS) is 34.5. The number of ether oxygens (including phenoxy) is 2. The molecule has 2 rings (SSSR count). The van der Waals surface area contributed by atoms with Crippen LogP contribution in [0.2, 0.25) is 0 Å². The van der Waals surface area contributed by atoms with E-state index in [0.717, 1.165) is 32.2 Å². The summed E-state index contributed by atoms with van der Waals surface area (Å²) in [4.78, 5) is 0. The molecule has 1 aliphatic carbocycles. The van der Waals surface area contributed by atoms with Crippen LogP contribution in [0.15, 0.2) is 0 Å². The maximum Gasteiger partial charge on any atom is 0.0809 e. The molecule has 0 spiro atoms. The van der Waals surface area contributed by atoms with Crippen LogP contribution in [0.4, 0.5) is 0 Å². The lowest BCUT2D eigenvalue weighted by Gasteiger charge is -2.40. The highest BCUT2D eigenvalue weighted by atomic mass is 16.5. The Bertz CT molecular complexity index is 250. The molecule has 3 nitrogen and oxygen atoms in total. The van der Waals surface area contributed by atoms with Crippen LogP contribution in [-0.2, 0) is 9.47 Å². The molecular weight excluding hydrogens is 250 g/mol. The van der Waals surface area contributed by atoms with Gasteiger partial charge in [-0.3, -0.25) is 0 Å². The quantitative estimate of drug-likeness (QED) is 0.691. The van der Waals surface area contributed by atoms with Gasteiger partial charge >= 0.3 is 0 Å². The van der Waals surface area contributed by atoms with Crippen molar-refractivity contribution in [2.24, 2.45) is 5.92 Å². The van der Waals surface area contributed by atoms with Crippen LogP contribution < -0.4 is 5.32 Å². The lowest BCUT2D eigenvalue weighted by Crippen LogP contribution is -2.47. The van der Waals surface area contributed by atoms with E-state index in [1.807, 2.05) is 0 Å². The molecule has 3 heteroatoms. The van der Waals surface area contributed by atoms with Crippen LogP contribution in [0.5, 0.6) is 0 Å². The summed E-state index contributed by atoms with van der Waals surface area (Å²) < 4.78 is 12.1. The molecule has 1 saturated carbocycles. The fourth-order valence-electron chi connectivity index (χ4n) is 3.52. The fraction of sp³-hybridized carbons (Fsp3) is 1.00. The van der Waals surface area contributed by atoms with Crippen molar-refractivity contribution in [1.82, 2.24) is 5.32 Å². The van der Waals surface area contributed by atoms with Crippen molar-refractivity contribution >= 4 is 0 Å². The first kappa shape index (κ1) is 16.3. The largest absolute Gasteiger partial charge is 0.376 e. The average Bonchev–Trinajstić information content (AvgIpc) is 3.00. The minimum Gasteiger partial charge on any atom is -0.376 e. The third-order valence-electron chi connectivity index (χ3n) is 5.07. The standard InChI is InChI=1S/C17H33NO2/c1-3-11-18-14-17(9-7-15(4-2)8-10-17)20-13-16-6-5-12-19-16/h15-16,18H,3-14H2,1-2H3. The zero-order valence-corrected chi connectivity index (χ0v) is 13.5. The van der Waals surface area contributed by atoms with Crippen LogP contribution in [0.1, 0.15) is 65.2 Å². The molecule has 20 heavy (non-hydrogen) atoms. The SMILES string of the molecule is CCCNCC1(OCC2CCCO2)CCC(CC)CC1. The van der Waals surface area contributed by atoms with Gasteiger partial charge in [0.05, 0.1) is 18.3 Å². The monoisotopic (exact) mass is 283 g/mol. The van der Waals surface area contributed by atoms with Gasteiger partial charge in [-0.1, -0.05) is 20.3 Å². The summed E-state index contributed by atoms with van der Waals surface area (Å²) in [5, 5.41) is 3.59. The van der Waals surface area contributed by atoms with E-state index in [0.29, 0.717) is 6.10 Å². The minimum atomic E-state index is 0.0762. The first-order valence-corrected chi connectivity index (χ1v) is 8.74. The number of nitrogens with one attached hydrogen (secondary N) is 1. The third kappa shape index (κ3) is 4.71. The van der Waals surface area contributed by atoms with Crippen LogP contribution in [0.25, 0.3) is 0 Å². The summed E-state index contributed by atoms with van der Waals surface area (Å²) in [5.74, 6) is 0.917. The molecule has 0 bridgehead atoms. The summed E-state index contributed by atoms with van der Waals surface area (Å²) in [5.41, 5.74) is 0.0762. The molecule has 0 amide bonds. The number of rotatable bonds is 8. The highest BCUT2D eigenvalue weighted by molar-refractivity contribution is 4.89. The molecule has 1 N–H and O–H groups in total. The molecule has 0 aromatic heterocycles. The maximum absolute atomic E-state index is 6.41. The second-order valence-electron chi connectivity index (χ2n) is 6.66. The molecule has 0 aromatic rings. The van der Waals surface area contributed by atoms with E-state index < -0.39 is 0 Å². The van der Waals surface area contributed by atoms with Gasteiger partial charge in [0.15, 0.2) is 0 Å². The zero-order valence-electron chi connectivity index (χ0n) is 13.5. The third-order valence-corrected chi connectivity index (χ3v) is 5.07. The Hall–Kier alpha value is -0.120. The first-order valence-electron chi connectivity index (χ1n) is 8.74.